The van der Waals surface area contributed by atoms with Crippen LogP contribution in [0.4, 0.5) is 5.82 Å². The van der Waals surface area contributed by atoms with Crippen molar-refractivity contribution in [3.63, 3.8) is 0 Å². The van der Waals surface area contributed by atoms with Crippen LogP contribution in [0.2, 0.25) is 5.15 Å². The van der Waals surface area contributed by atoms with Crippen LogP contribution in [0.25, 0.3) is 0 Å². The van der Waals surface area contributed by atoms with Gasteiger partial charge in [0.25, 0.3) is 0 Å². The van der Waals surface area contributed by atoms with E-state index in [1.807, 2.05) is 6.07 Å². The largest absolute Gasteiger partial charge is 0.298 e. The second-order valence-electron chi connectivity index (χ2n) is 2.26. The number of rotatable bonds is 1. The smallest absolute Gasteiger partial charge is 0.145 e. The van der Waals surface area contributed by atoms with Crippen LogP contribution in [-0.2, 0) is 0 Å². The molecule has 5 heteroatoms. The molecule has 0 bridgehead atoms. The van der Waals surface area contributed by atoms with Crippen LogP contribution >= 0.6 is 11.6 Å². The van der Waals surface area contributed by atoms with Crippen molar-refractivity contribution in [1.82, 2.24) is 4.98 Å². The van der Waals surface area contributed by atoms with Gasteiger partial charge in [0.15, 0.2) is 0 Å². The van der Waals surface area contributed by atoms with Gasteiger partial charge in [-0.25, -0.2) is 10.8 Å². The van der Waals surface area contributed by atoms with E-state index in [-0.39, 0.29) is 5.15 Å². The van der Waals surface area contributed by atoms with Gasteiger partial charge in [-0.2, -0.15) is 5.26 Å². The van der Waals surface area contributed by atoms with Crippen molar-refractivity contribution in [3.8, 4) is 6.07 Å². The Balaban J connectivity index is 3.17. The highest BCUT2D eigenvalue weighted by Crippen LogP contribution is 2.14. The maximum Gasteiger partial charge on any atom is 0.145 e. The van der Waals surface area contributed by atoms with Gasteiger partial charge in [-0.05, 0) is 12.1 Å². The van der Waals surface area contributed by atoms with Crippen LogP contribution in [-0.4, -0.2) is 12.0 Å². The first kappa shape index (κ1) is 8.78. The first-order chi connectivity index (χ1) is 5.63. The third-order valence-corrected chi connectivity index (χ3v) is 1.46. The fraction of sp³-hybridized carbons (Fsp3) is 0.143. The van der Waals surface area contributed by atoms with E-state index >= 15 is 0 Å². The van der Waals surface area contributed by atoms with Gasteiger partial charge in [0.05, 0.1) is 11.6 Å². The van der Waals surface area contributed by atoms with Crippen LogP contribution < -0.4 is 10.9 Å². The lowest BCUT2D eigenvalue weighted by molar-refractivity contribution is 0.976. The number of hydrogen-bond donors (Lipinski definition) is 1. The highest BCUT2D eigenvalue weighted by atomic mass is 35.5. The van der Waals surface area contributed by atoms with Crippen molar-refractivity contribution in [2.45, 2.75) is 0 Å². The van der Waals surface area contributed by atoms with Crippen molar-refractivity contribution in [1.29, 1.82) is 5.26 Å². The van der Waals surface area contributed by atoms with E-state index < -0.39 is 0 Å². The minimum Gasteiger partial charge on any atom is -0.298 e. The Morgan fingerprint density at radius 1 is 1.67 bits per heavy atom. The Morgan fingerprint density at radius 3 is 2.83 bits per heavy atom. The second kappa shape index (κ2) is 3.39. The summed E-state index contributed by atoms with van der Waals surface area (Å²) in [6.07, 6.45) is 0. The molecule has 0 unspecified atom stereocenters. The maximum atomic E-state index is 8.57. The van der Waals surface area contributed by atoms with E-state index in [0.717, 1.165) is 0 Å². The van der Waals surface area contributed by atoms with E-state index in [0.29, 0.717) is 11.4 Å². The molecule has 0 spiro atoms. The first-order valence-electron chi connectivity index (χ1n) is 3.19. The van der Waals surface area contributed by atoms with Crippen LogP contribution in [0.1, 0.15) is 5.56 Å². The van der Waals surface area contributed by atoms with E-state index in [1.54, 1.807) is 13.1 Å². The van der Waals surface area contributed by atoms with E-state index in [2.05, 4.69) is 4.98 Å². The van der Waals surface area contributed by atoms with Crippen molar-refractivity contribution >= 4 is 17.4 Å². The van der Waals surface area contributed by atoms with Gasteiger partial charge in [0.2, 0.25) is 0 Å². The Bertz CT molecular complexity index is 329. The summed E-state index contributed by atoms with van der Waals surface area (Å²) in [5.74, 6) is 5.88. The van der Waals surface area contributed by atoms with E-state index in [1.165, 1.54) is 11.1 Å². The van der Waals surface area contributed by atoms with Crippen molar-refractivity contribution in [2.24, 2.45) is 5.84 Å². The quantitative estimate of drug-likeness (QED) is 0.399. The van der Waals surface area contributed by atoms with Gasteiger partial charge in [-0.1, -0.05) is 11.6 Å². The first-order valence-corrected chi connectivity index (χ1v) is 3.57. The lowest BCUT2D eigenvalue weighted by Gasteiger charge is -2.10. The molecule has 0 atom stereocenters. The highest BCUT2D eigenvalue weighted by molar-refractivity contribution is 6.29. The van der Waals surface area contributed by atoms with E-state index in [4.69, 9.17) is 22.7 Å². The number of nitriles is 1. The molecule has 12 heavy (non-hydrogen) atoms. The maximum absolute atomic E-state index is 8.57. The van der Waals surface area contributed by atoms with Gasteiger partial charge in [0, 0.05) is 7.05 Å². The molecule has 0 saturated carbocycles. The summed E-state index contributed by atoms with van der Waals surface area (Å²) in [6, 6.07) is 5.00. The zero-order valence-electron chi connectivity index (χ0n) is 6.45. The third kappa shape index (κ3) is 1.84. The zero-order chi connectivity index (χ0) is 9.14. The Kier molecular flexibility index (Phi) is 2.48. The molecular weight excluding hydrogens is 176 g/mol. The molecule has 0 amide bonds. The molecule has 1 heterocycles. The number of aromatic nitrogens is 1. The van der Waals surface area contributed by atoms with Gasteiger partial charge >= 0.3 is 0 Å². The SMILES string of the molecule is CN(N)c1cc(C#N)cc(Cl)n1. The van der Waals surface area contributed by atoms with Crippen LogP contribution in [0, 0.1) is 11.3 Å². The summed E-state index contributed by atoms with van der Waals surface area (Å²) in [7, 11) is 1.62. The molecule has 62 valence electrons. The van der Waals surface area contributed by atoms with Crippen LogP contribution in [0.15, 0.2) is 12.1 Å². The minimum absolute atomic E-state index is 0.265. The van der Waals surface area contributed by atoms with Crippen molar-refractivity contribution < 1.29 is 0 Å². The summed E-state index contributed by atoms with van der Waals surface area (Å²) in [4.78, 5) is 3.90. The average Bonchev–Trinajstić information content (AvgIpc) is 2.03. The van der Waals surface area contributed by atoms with E-state index in [9.17, 15) is 0 Å². The van der Waals surface area contributed by atoms with Gasteiger partial charge in [-0.3, -0.25) is 5.01 Å². The topological polar surface area (TPSA) is 65.9 Å². The molecular formula is C7H7ClN4. The number of anilines is 1. The fourth-order valence-electron chi connectivity index (χ4n) is 0.728. The molecule has 0 radical (unpaired) electrons. The Morgan fingerprint density at radius 2 is 2.33 bits per heavy atom. The fourth-order valence-corrected chi connectivity index (χ4v) is 0.932. The van der Waals surface area contributed by atoms with Crippen molar-refractivity contribution in [2.75, 3.05) is 12.1 Å². The van der Waals surface area contributed by atoms with Gasteiger partial charge in [-0.15, -0.1) is 0 Å². The third-order valence-electron chi connectivity index (χ3n) is 1.27. The summed E-state index contributed by atoms with van der Waals surface area (Å²) >= 11 is 5.63. The molecule has 0 aliphatic heterocycles. The molecule has 1 aromatic heterocycles. The number of halogens is 1. The Hall–Kier alpha value is -1.31. The molecule has 0 aliphatic carbocycles. The normalized spacial score (nSPS) is 9.17. The molecule has 0 aliphatic rings. The second-order valence-corrected chi connectivity index (χ2v) is 2.65. The molecule has 4 nitrogen and oxygen atoms in total. The molecule has 2 N–H and O–H groups in total. The monoisotopic (exact) mass is 182 g/mol. The lowest BCUT2D eigenvalue weighted by Crippen LogP contribution is -2.26. The lowest BCUT2D eigenvalue weighted by atomic mass is 10.3. The number of nitrogens with two attached hydrogens (primary N) is 1. The average molecular weight is 183 g/mol. The highest BCUT2D eigenvalue weighted by Gasteiger charge is 2.01. The zero-order valence-corrected chi connectivity index (χ0v) is 7.21. The predicted molar refractivity (Wildman–Crippen MR) is 46.6 cm³/mol. The van der Waals surface area contributed by atoms with Gasteiger partial charge in [0.1, 0.15) is 11.0 Å². The number of hydrazine groups is 1. The molecule has 1 aromatic rings. The summed E-state index contributed by atoms with van der Waals surface area (Å²) in [6.45, 7) is 0. The summed E-state index contributed by atoms with van der Waals surface area (Å²) < 4.78 is 0. The molecule has 0 saturated heterocycles. The van der Waals surface area contributed by atoms with Crippen LogP contribution in [0.5, 0.6) is 0 Å². The predicted octanol–water partition coefficient (Wildman–Crippen LogP) is 0.917. The van der Waals surface area contributed by atoms with Crippen LogP contribution in [0.3, 0.4) is 0 Å². The number of pyridine rings is 1. The van der Waals surface area contributed by atoms with Gasteiger partial charge < -0.3 is 0 Å². The minimum atomic E-state index is 0.265. The summed E-state index contributed by atoms with van der Waals surface area (Å²) in [5.41, 5.74) is 0.447. The Labute approximate surface area is 75.1 Å². The number of hydrogen-bond acceptors (Lipinski definition) is 4. The summed E-state index contributed by atoms with van der Waals surface area (Å²) in [5, 5.41) is 10.1. The molecule has 0 fully saturated rings. The molecule has 1 rings (SSSR count). The molecule has 0 aromatic carbocycles. The number of nitrogens with zero attached hydrogens (tertiary/aromatic N) is 3. The standard InChI is InChI=1S/C7H7ClN4/c1-12(10)7-3-5(4-9)2-6(8)11-7/h2-3H,10H2,1H3. The van der Waals surface area contributed by atoms with Crippen molar-refractivity contribution in [3.05, 3.63) is 22.8 Å².